The Labute approximate surface area is 159 Å². The molecule has 0 aliphatic rings. The molecular formula is C19H18N2O5S. The number of aryl methyl sites for hydroxylation is 1. The predicted molar refractivity (Wildman–Crippen MR) is 101 cm³/mol. The molecule has 2 aromatic heterocycles. The first-order valence-corrected chi connectivity index (χ1v) is 9.23. The maximum Gasteiger partial charge on any atom is 0.348 e. The second kappa shape index (κ2) is 8.13. The lowest BCUT2D eigenvalue weighted by Gasteiger charge is -2.07. The zero-order chi connectivity index (χ0) is 19.4. The molecule has 8 heteroatoms. The van der Waals surface area contributed by atoms with Crippen LogP contribution in [0.4, 0.5) is 0 Å². The number of thiophene rings is 1. The van der Waals surface area contributed by atoms with E-state index < -0.39 is 0 Å². The van der Waals surface area contributed by atoms with E-state index in [4.69, 9.17) is 14.2 Å². The van der Waals surface area contributed by atoms with Crippen molar-refractivity contribution in [2.24, 2.45) is 0 Å². The number of carbonyl (C=O) groups excluding carboxylic acids is 2. The molecule has 0 fully saturated rings. The molecule has 0 aliphatic heterocycles. The van der Waals surface area contributed by atoms with Crippen LogP contribution < -0.4 is 4.74 Å². The smallest absolute Gasteiger partial charge is 0.348 e. The molecule has 3 aromatic rings. The van der Waals surface area contributed by atoms with Crippen molar-refractivity contribution in [3.8, 4) is 11.6 Å². The molecule has 3 rings (SSSR count). The molecule has 2 heterocycles. The first-order chi connectivity index (χ1) is 13.0. The van der Waals surface area contributed by atoms with Gasteiger partial charge in [-0.05, 0) is 50.6 Å². The standard InChI is InChI=1S/C19H18N2O5S/c1-4-24-18(22)12-6-8-13(9-7-12)26-16-14-11(3)15(19(23)25-5-2)27-17(14)21-10-20-16/h6-10H,4-5H2,1-3H3. The summed E-state index contributed by atoms with van der Waals surface area (Å²) in [5, 5.41) is 0.667. The van der Waals surface area contributed by atoms with Gasteiger partial charge in [-0.1, -0.05) is 0 Å². The number of carbonyl (C=O) groups is 2. The summed E-state index contributed by atoms with van der Waals surface area (Å²) in [6.07, 6.45) is 1.38. The van der Waals surface area contributed by atoms with Gasteiger partial charge in [0, 0.05) is 0 Å². The van der Waals surface area contributed by atoms with Gasteiger partial charge in [-0.25, -0.2) is 19.6 Å². The molecule has 0 amide bonds. The zero-order valence-electron chi connectivity index (χ0n) is 15.1. The quantitative estimate of drug-likeness (QED) is 0.588. The maximum absolute atomic E-state index is 12.1. The predicted octanol–water partition coefficient (Wildman–Crippen LogP) is 4.15. The third-order valence-corrected chi connectivity index (χ3v) is 4.91. The summed E-state index contributed by atoms with van der Waals surface area (Å²) in [5.41, 5.74) is 1.15. The number of esters is 2. The van der Waals surface area contributed by atoms with Gasteiger partial charge in [0.25, 0.3) is 0 Å². The lowest BCUT2D eigenvalue weighted by atomic mass is 10.2. The number of ether oxygens (including phenoxy) is 3. The number of nitrogens with zero attached hydrogens (tertiary/aromatic N) is 2. The van der Waals surface area contributed by atoms with Crippen LogP contribution in [0.3, 0.4) is 0 Å². The van der Waals surface area contributed by atoms with Crippen molar-refractivity contribution in [1.82, 2.24) is 9.97 Å². The molecule has 0 spiro atoms. The fraction of sp³-hybridized carbons (Fsp3) is 0.263. The van der Waals surface area contributed by atoms with Gasteiger partial charge < -0.3 is 14.2 Å². The summed E-state index contributed by atoms with van der Waals surface area (Å²) in [4.78, 5) is 33.4. The second-order valence-corrected chi connectivity index (χ2v) is 6.48. The van der Waals surface area contributed by atoms with E-state index >= 15 is 0 Å². The third-order valence-electron chi connectivity index (χ3n) is 3.73. The van der Waals surface area contributed by atoms with Gasteiger partial charge in [0.1, 0.15) is 21.8 Å². The highest BCUT2D eigenvalue weighted by Gasteiger charge is 2.21. The van der Waals surface area contributed by atoms with Crippen molar-refractivity contribution < 1.29 is 23.8 Å². The van der Waals surface area contributed by atoms with Gasteiger partial charge in [0.15, 0.2) is 0 Å². The van der Waals surface area contributed by atoms with Crippen molar-refractivity contribution in [2.45, 2.75) is 20.8 Å². The van der Waals surface area contributed by atoms with E-state index in [0.717, 1.165) is 0 Å². The average molecular weight is 386 g/mol. The monoisotopic (exact) mass is 386 g/mol. The van der Waals surface area contributed by atoms with Crippen LogP contribution in [-0.2, 0) is 9.47 Å². The largest absolute Gasteiger partial charge is 0.462 e. The zero-order valence-corrected chi connectivity index (χ0v) is 16.0. The minimum absolute atomic E-state index is 0.300. The molecule has 7 nitrogen and oxygen atoms in total. The normalized spacial score (nSPS) is 10.6. The summed E-state index contributed by atoms with van der Waals surface area (Å²) in [5.74, 6) is 0.0727. The van der Waals surface area contributed by atoms with E-state index in [1.165, 1.54) is 17.7 Å². The van der Waals surface area contributed by atoms with E-state index in [2.05, 4.69) is 9.97 Å². The Morgan fingerprint density at radius 3 is 2.33 bits per heavy atom. The van der Waals surface area contributed by atoms with E-state index in [1.54, 1.807) is 38.1 Å². The number of fused-ring (bicyclic) bond motifs is 1. The van der Waals surface area contributed by atoms with Gasteiger partial charge in [0.2, 0.25) is 5.88 Å². The first-order valence-electron chi connectivity index (χ1n) is 8.41. The summed E-state index contributed by atoms with van der Waals surface area (Å²) in [6, 6.07) is 6.56. The van der Waals surface area contributed by atoms with Crippen LogP contribution in [0, 0.1) is 6.92 Å². The Morgan fingerprint density at radius 1 is 1.00 bits per heavy atom. The molecule has 0 bridgehead atoms. The molecule has 0 atom stereocenters. The summed E-state index contributed by atoms with van der Waals surface area (Å²) in [6.45, 7) is 5.94. The van der Waals surface area contributed by atoms with Crippen molar-refractivity contribution >= 4 is 33.5 Å². The Balaban J connectivity index is 1.91. The highest BCUT2D eigenvalue weighted by molar-refractivity contribution is 7.20. The second-order valence-electron chi connectivity index (χ2n) is 5.48. The topological polar surface area (TPSA) is 87.6 Å². The molecule has 0 aliphatic carbocycles. The van der Waals surface area contributed by atoms with E-state index in [1.807, 2.05) is 6.92 Å². The Bertz CT molecular complexity index is 982. The fourth-order valence-corrected chi connectivity index (χ4v) is 3.53. The molecule has 140 valence electrons. The summed E-state index contributed by atoms with van der Waals surface area (Å²) >= 11 is 1.24. The van der Waals surface area contributed by atoms with Crippen molar-refractivity contribution in [2.75, 3.05) is 13.2 Å². The molecule has 0 saturated carbocycles. The molecule has 27 heavy (non-hydrogen) atoms. The average Bonchev–Trinajstić information content (AvgIpc) is 3.01. The highest BCUT2D eigenvalue weighted by Crippen LogP contribution is 2.36. The number of hydrogen-bond acceptors (Lipinski definition) is 8. The van der Waals surface area contributed by atoms with Gasteiger partial charge in [0.05, 0.1) is 24.2 Å². The Morgan fingerprint density at radius 2 is 1.67 bits per heavy atom. The van der Waals surface area contributed by atoms with Crippen molar-refractivity contribution in [3.05, 3.63) is 46.6 Å². The van der Waals surface area contributed by atoms with Gasteiger partial charge in [-0.2, -0.15) is 0 Å². The van der Waals surface area contributed by atoms with Crippen molar-refractivity contribution in [1.29, 1.82) is 0 Å². The number of hydrogen-bond donors (Lipinski definition) is 0. The van der Waals surface area contributed by atoms with Crippen LogP contribution in [0.1, 0.15) is 39.4 Å². The number of rotatable bonds is 6. The van der Waals surface area contributed by atoms with E-state index in [-0.39, 0.29) is 11.9 Å². The van der Waals surface area contributed by atoms with Crippen LogP contribution in [0.25, 0.3) is 10.2 Å². The number of aromatic nitrogens is 2. The van der Waals surface area contributed by atoms with Gasteiger partial charge >= 0.3 is 11.9 Å². The third kappa shape index (κ3) is 3.90. The molecular weight excluding hydrogens is 368 g/mol. The maximum atomic E-state index is 12.1. The fourth-order valence-electron chi connectivity index (χ4n) is 2.49. The molecule has 0 unspecified atom stereocenters. The highest BCUT2D eigenvalue weighted by atomic mass is 32.1. The number of benzene rings is 1. The Kier molecular flexibility index (Phi) is 5.66. The van der Waals surface area contributed by atoms with E-state index in [9.17, 15) is 9.59 Å². The first kappa shape index (κ1) is 18.8. The molecule has 0 N–H and O–H groups in total. The summed E-state index contributed by atoms with van der Waals surface area (Å²) in [7, 11) is 0. The van der Waals surface area contributed by atoms with Crippen LogP contribution in [0.2, 0.25) is 0 Å². The minimum Gasteiger partial charge on any atom is -0.462 e. The van der Waals surface area contributed by atoms with Crippen LogP contribution >= 0.6 is 11.3 Å². The van der Waals surface area contributed by atoms with Gasteiger partial charge in [-0.3, -0.25) is 0 Å². The molecule has 0 radical (unpaired) electrons. The molecule has 0 saturated heterocycles. The minimum atomic E-state index is -0.388. The lowest BCUT2D eigenvalue weighted by molar-refractivity contribution is 0.0519. The van der Waals surface area contributed by atoms with E-state index in [0.29, 0.717) is 51.1 Å². The van der Waals surface area contributed by atoms with Crippen molar-refractivity contribution in [3.63, 3.8) is 0 Å². The van der Waals surface area contributed by atoms with Crippen LogP contribution in [0.15, 0.2) is 30.6 Å². The summed E-state index contributed by atoms with van der Waals surface area (Å²) < 4.78 is 15.9. The molecule has 1 aromatic carbocycles. The van der Waals surface area contributed by atoms with Crippen LogP contribution in [0.5, 0.6) is 11.6 Å². The van der Waals surface area contributed by atoms with Crippen LogP contribution in [-0.4, -0.2) is 35.1 Å². The lowest BCUT2D eigenvalue weighted by Crippen LogP contribution is -2.04. The van der Waals surface area contributed by atoms with Gasteiger partial charge in [-0.15, -0.1) is 11.3 Å². The SMILES string of the molecule is CCOC(=O)c1ccc(Oc2ncnc3sc(C(=O)OCC)c(C)c23)cc1. The Hall–Kier alpha value is -3.00.